The molecule has 0 saturated heterocycles. The molecule has 12 aromatic rings. The van der Waals surface area contributed by atoms with Gasteiger partial charge in [0.15, 0.2) is 0 Å². The fourth-order valence-corrected chi connectivity index (χ4v) is 10.6. The van der Waals surface area contributed by atoms with Gasteiger partial charge in [0.05, 0.1) is 56.7 Å². The van der Waals surface area contributed by atoms with Crippen molar-refractivity contribution in [1.82, 2.24) is 9.13 Å². The van der Waals surface area contributed by atoms with E-state index < -0.39 is 11.7 Å². The van der Waals surface area contributed by atoms with E-state index in [4.69, 9.17) is 0 Å². The summed E-state index contributed by atoms with van der Waals surface area (Å²) in [6.07, 6.45) is -4.91. The van der Waals surface area contributed by atoms with E-state index in [1.807, 2.05) is 76.2 Å². The fraction of sp³-hybridized carbons (Fsp3) is 0.0746. The number of aryl methyl sites for hydroxylation is 4. The van der Waals surface area contributed by atoms with Gasteiger partial charge in [-0.3, -0.25) is 0 Å². The van der Waals surface area contributed by atoms with Crippen LogP contribution in [0.1, 0.15) is 38.9 Å². The van der Waals surface area contributed by atoms with Crippen LogP contribution in [0.4, 0.5) is 13.2 Å². The number of hydrogen-bond donors (Lipinski definition) is 0. The maximum atomic E-state index is 17.0. The van der Waals surface area contributed by atoms with Gasteiger partial charge in [0, 0.05) is 21.5 Å². The summed E-state index contributed by atoms with van der Waals surface area (Å²) in [5, 5.41) is 23.6. The van der Waals surface area contributed by atoms with Gasteiger partial charge in [0.25, 0.3) is 0 Å². The molecule has 0 saturated carbocycles. The number of hydrogen-bond acceptors (Lipinski definition) is 2. The van der Waals surface area contributed by atoms with Gasteiger partial charge >= 0.3 is 6.18 Å². The zero-order valence-electron chi connectivity index (χ0n) is 41.0. The average molecular weight is 963 g/mol. The molecule has 0 amide bonds. The van der Waals surface area contributed by atoms with E-state index in [2.05, 4.69) is 133 Å². The van der Waals surface area contributed by atoms with Crippen molar-refractivity contribution in [3.63, 3.8) is 0 Å². The second kappa shape index (κ2) is 17.7. The Hall–Kier alpha value is -9.43. The van der Waals surface area contributed by atoms with Gasteiger partial charge in [-0.1, -0.05) is 144 Å². The summed E-state index contributed by atoms with van der Waals surface area (Å²) in [6, 6.07) is 69.1. The van der Waals surface area contributed by atoms with Crippen LogP contribution in [0.3, 0.4) is 0 Å². The highest BCUT2D eigenvalue weighted by Gasteiger charge is 2.40. The summed E-state index contributed by atoms with van der Waals surface area (Å²) in [5.74, 6) is 0. The van der Waals surface area contributed by atoms with Crippen molar-refractivity contribution < 1.29 is 13.2 Å². The van der Waals surface area contributed by atoms with Gasteiger partial charge in [-0.25, -0.2) is 0 Å². The molecule has 7 heteroatoms. The van der Waals surface area contributed by atoms with E-state index in [0.29, 0.717) is 33.2 Å². The average Bonchev–Trinajstić information content (AvgIpc) is 3.92. The summed E-state index contributed by atoms with van der Waals surface area (Å²) in [7, 11) is 0. The van der Waals surface area contributed by atoms with Crippen molar-refractivity contribution >= 4 is 43.6 Å². The number of alkyl halides is 3. The molecule has 0 radical (unpaired) electrons. The van der Waals surface area contributed by atoms with E-state index in [1.165, 1.54) is 6.07 Å². The molecule has 0 bridgehead atoms. The molecule has 0 unspecified atom stereocenters. The lowest BCUT2D eigenvalue weighted by atomic mass is 9.96. The number of halogens is 3. The SMILES string of the molecule is Cc1ccc(-c2ccc3c(c2)c2cc(-c4ccc(C)cc4)ccc2n3-c2cc(-c3cc(C#N)cc(C#N)c3)cc(-n3c4ccc(-c5ccc(C)cc5)cc4c4cc(-c5ccc(C)cc5)ccc43)c2C(F)(F)F)cc1. The zero-order valence-corrected chi connectivity index (χ0v) is 41.0. The second-order valence-electron chi connectivity index (χ2n) is 19.5. The molecule has 12 rings (SSSR count). The van der Waals surface area contributed by atoms with Crippen LogP contribution >= 0.6 is 0 Å². The smallest absolute Gasteiger partial charge is 0.309 e. The third-order valence-corrected chi connectivity index (χ3v) is 14.5. The number of aromatic nitrogens is 2. The molecule has 0 aliphatic rings. The van der Waals surface area contributed by atoms with Gasteiger partial charge in [0.2, 0.25) is 0 Å². The Kier molecular flexibility index (Phi) is 10.9. The Bertz CT molecular complexity index is 3840. The van der Waals surface area contributed by atoms with Crippen LogP contribution in [-0.2, 0) is 6.18 Å². The standard InChI is InChI=1S/C67H45F3N4/c1-40-5-13-46(14-6-40)50-21-25-60-56(32-50)57-33-51(47-15-7-41(2)8-16-47)22-26-61(57)73(60)64-36-55(54-30-44(38-71)29-45(31-54)39-72)37-65(66(64)67(68,69)70)74-62-27-23-52(48-17-9-42(3)10-18-48)34-58(62)59-35-53(24-28-63(59)74)49-19-11-43(4)12-20-49/h5-37H,1-4H3. The largest absolute Gasteiger partial charge is 0.420 e. The van der Waals surface area contributed by atoms with E-state index >= 15 is 13.2 Å². The number of benzene rings is 10. The molecule has 0 fully saturated rings. The van der Waals surface area contributed by atoms with Crippen LogP contribution < -0.4 is 0 Å². The van der Waals surface area contributed by atoms with E-state index in [-0.39, 0.29) is 22.5 Å². The van der Waals surface area contributed by atoms with Crippen molar-refractivity contribution in [2.24, 2.45) is 0 Å². The van der Waals surface area contributed by atoms with E-state index in [1.54, 1.807) is 33.4 Å². The van der Waals surface area contributed by atoms with Crippen LogP contribution in [0, 0.1) is 50.4 Å². The summed E-state index contributed by atoms with van der Waals surface area (Å²) >= 11 is 0. The molecule has 354 valence electrons. The summed E-state index contributed by atoms with van der Waals surface area (Å²) in [6.45, 7) is 8.15. The van der Waals surface area contributed by atoms with Gasteiger partial charge < -0.3 is 9.13 Å². The van der Waals surface area contributed by atoms with Gasteiger partial charge in [0.1, 0.15) is 5.56 Å². The highest BCUT2D eigenvalue weighted by Crippen LogP contribution is 2.48. The summed E-state index contributed by atoms with van der Waals surface area (Å²) in [4.78, 5) is 0. The quantitative estimate of drug-likeness (QED) is 0.160. The molecule has 0 atom stereocenters. The van der Waals surface area contributed by atoms with Crippen LogP contribution in [0.25, 0.3) is 111 Å². The number of nitriles is 2. The number of fused-ring (bicyclic) bond motifs is 6. The van der Waals surface area contributed by atoms with Crippen molar-refractivity contribution in [1.29, 1.82) is 10.5 Å². The first-order valence-electron chi connectivity index (χ1n) is 24.5. The third kappa shape index (κ3) is 7.96. The van der Waals surface area contributed by atoms with Gasteiger partial charge in [-0.05, 0) is 162 Å². The fourth-order valence-electron chi connectivity index (χ4n) is 10.6. The lowest BCUT2D eigenvalue weighted by Crippen LogP contribution is -2.16. The second-order valence-corrected chi connectivity index (χ2v) is 19.5. The maximum absolute atomic E-state index is 17.0. The van der Waals surface area contributed by atoms with Crippen molar-refractivity contribution in [3.05, 3.63) is 239 Å². The maximum Gasteiger partial charge on any atom is 0.420 e. The van der Waals surface area contributed by atoms with Crippen LogP contribution in [0.2, 0.25) is 0 Å². The first-order chi connectivity index (χ1) is 35.8. The molecule has 0 aliphatic heterocycles. The molecule has 0 aliphatic carbocycles. The Morgan fingerprint density at radius 1 is 0.311 bits per heavy atom. The molecule has 4 nitrogen and oxygen atoms in total. The zero-order chi connectivity index (χ0) is 51.0. The first-order valence-corrected chi connectivity index (χ1v) is 24.5. The molecule has 74 heavy (non-hydrogen) atoms. The van der Waals surface area contributed by atoms with Crippen molar-refractivity contribution in [2.75, 3.05) is 0 Å². The van der Waals surface area contributed by atoms with Crippen LogP contribution in [0.15, 0.2) is 200 Å². The minimum atomic E-state index is -4.91. The summed E-state index contributed by atoms with van der Waals surface area (Å²) in [5.41, 5.74) is 14.7. The molecule has 0 spiro atoms. The third-order valence-electron chi connectivity index (χ3n) is 14.5. The molecule has 10 aromatic carbocycles. The monoisotopic (exact) mass is 962 g/mol. The minimum absolute atomic E-state index is 0.0976. The molecular formula is C67H45F3N4. The highest BCUT2D eigenvalue weighted by atomic mass is 19.4. The number of rotatable bonds is 7. The van der Waals surface area contributed by atoms with Crippen molar-refractivity contribution in [3.8, 4) is 79.1 Å². The molecular weight excluding hydrogens is 918 g/mol. The van der Waals surface area contributed by atoms with Gasteiger partial charge in [-0.2, -0.15) is 23.7 Å². The van der Waals surface area contributed by atoms with Gasteiger partial charge in [-0.15, -0.1) is 0 Å². The lowest BCUT2D eigenvalue weighted by molar-refractivity contribution is -0.137. The highest BCUT2D eigenvalue weighted by molar-refractivity contribution is 6.14. The minimum Gasteiger partial charge on any atom is -0.309 e. The molecule has 0 N–H and O–H groups in total. The normalized spacial score (nSPS) is 11.7. The lowest BCUT2D eigenvalue weighted by Gasteiger charge is -2.23. The predicted molar refractivity (Wildman–Crippen MR) is 296 cm³/mol. The Balaban J connectivity index is 1.21. The van der Waals surface area contributed by atoms with Crippen molar-refractivity contribution in [2.45, 2.75) is 33.9 Å². The van der Waals surface area contributed by atoms with Crippen LogP contribution in [0.5, 0.6) is 0 Å². The molecule has 2 aromatic heterocycles. The first kappa shape index (κ1) is 45.7. The Morgan fingerprint density at radius 3 is 0.824 bits per heavy atom. The summed E-state index contributed by atoms with van der Waals surface area (Å²) < 4.78 is 54.6. The molecule has 2 heterocycles. The Morgan fingerprint density at radius 2 is 0.568 bits per heavy atom. The van der Waals surface area contributed by atoms with E-state index in [9.17, 15) is 10.5 Å². The van der Waals surface area contributed by atoms with E-state index in [0.717, 1.165) is 88.3 Å². The Labute approximate surface area is 426 Å². The topological polar surface area (TPSA) is 57.4 Å². The van der Waals surface area contributed by atoms with Crippen LogP contribution in [-0.4, -0.2) is 9.13 Å². The predicted octanol–water partition coefficient (Wildman–Crippen LogP) is 18.2. The number of nitrogens with zero attached hydrogens (tertiary/aromatic N) is 4.